The van der Waals surface area contributed by atoms with Gasteiger partial charge in [0.1, 0.15) is 5.82 Å². The quantitative estimate of drug-likeness (QED) is 0.780. The molecular weight excluding hydrogens is 230 g/mol. The summed E-state index contributed by atoms with van der Waals surface area (Å²) in [6.07, 6.45) is 5.48. The molecule has 3 heterocycles. The van der Waals surface area contributed by atoms with Crippen LogP contribution >= 0.6 is 0 Å². The molecule has 0 atom stereocenters. The molecule has 1 aliphatic rings. The van der Waals surface area contributed by atoms with Gasteiger partial charge in [0.05, 0.1) is 25.0 Å². The number of anilines is 1. The fourth-order valence-corrected chi connectivity index (χ4v) is 1.99. The predicted octanol–water partition coefficient (Wildman–Crippen LogP) is 0.714. The second-order valence-electron chi connectivity index (χ2n) is 4.24. The van der Waals surface area contributed by atoms with E-state index in [-0.39, 0.29) is 0 Å². The molecule has 2 aromatic rings. The van der Waals surface area contributed by atoms with Crippen molar-refractivity contribution < 1.29 is 4.74 Å². The van der Waals surface area contributed by atoms with Gasteiger partial charge >= 0.3 is 0 Å². The van der Waals surface area contributed by atoms with Gasteiger partial charge in [-0.25, -0.2) is 9.97 Å². The van der Waals surface area contributed by atoms with Crippen molar-refractivity contribution in [2.45, 2.75) is 0 Å². The van der Waals surface area contributed by atoms with E-state index in [9.17, 15) is 0 Å². The van der Waals surface area contributed by atoms with Gasteiger partial charge in [0.25, 0.3) is 0 Å². The molecular formula is C12H15N5O. The minimum atomic E-state index is 0.715. The maximum atomic E-state index is 5.34. The monoisotopic (exact) mass is 245 g/mol. The third-order valence-electron chi connectivity index (χ3n) is 2.94. The first-order valence-corrected chi connectivity index (χ1v) is 5.98. The summed E-state index contributed by atoms with van der Waals surface area (Å²) < 4.78 is 7.09. The molecule has 0 bridgehead atoms. The van der Waals surface area contributed by atoms with E-state index in [1.165, 1.54) is 0 Å². The van der Waals surface area contributed by atoms with E-state index in [2.05, 4.69) is 20.0 Å². The summed E-state index contributed by atoms with van der Waals surface area (Å²) in [5.74, 6) is 1.67. The first-order valence-electron chi connectivity index (χ1n) is 5.98. The van der Waals surface area contributed by atoms with Gasteiger partial charge in [-0.15, -0.1) is 0 Å². The summed E-state index contributed by atoms with van der Waals surface area (Å²) >= 11 is 0. The Kier molecular flexibility index (Phi) is 2.93. The van der Waals surface area contributed by atoms with E-state index in [4.69, 9.17) is 4.74 Å². The van der Waals surface area contributed by atoms with Crippen molar-refractivity contribution in [1.29, 1.82) is 0 Å². The molecule has 1 fully saturated rings. The zero-order valence-corrected chi connectivity index (χ0v) is 10.3. The third-order valence-corrected chi connectivity index (χ3v) is 2.94. The maximum absolute atomic E-state index is 5.34. The highest BCUT2D eigenvalue weighted by Gasteiger charge is 2.13. The van der Waals surface area contributed by atoms with Gasteiger partial charge in [-0.05, 0) is 6.07 Å². The fourth-order valence-electron chi connectivity index (χ4n) is 1.99. The SMILES string of the molecule is Cn1cc(-c2nccc(N3CCOCC3)n2)cn1. The van der Waals surface area contributed by atoms with Crippen molar-refractivity contribution >= 4 is 5.82 Å². The zero-order chi connectivity index (χ0) is 12.4. The summed E-state index contributed by atoms with van der Waals surface area (Å²) in [5, 5.41) is 4.14. The van der Waals surface area contributed by atoms with E-state index >= 15 is 0 Å². The zero-order valence-electron chi connectivity index (χ0n) is 10.3. The lowest BCUT2D eigenvalue weighted by Gasteiger charge is -2.27. The number of morpholine rings is 1. The van der Waals surface area contributed by atoms with Gasteiger partial charge in [-0.1, -0.05) is 0 Å². The number of ether oxygens (including phenoxy) is 1. The van der Waals surface area contributed by atoms with Crippen LogP contribution in [0.2, 0.25) is 0 Å². The van der Waals surface area contributed by atoms with Crippen LogP contribution in [0.3, 0.4) is 0 Å². The maximum Gasteiger partial charge on any atom is 0.164 e. The van der Waals surface area contributed by atoms with E-state index in [0.29, 0.717) is 5.82 Å². The molecule has 0 aliphatic carbocycles. The molecule has 0 saturated carbocycles. The summed E-state index contributed by atoms with van der Waals surface area (Å²) in [6.45, 7) is 3.27. The normalized spacial score (nSPS) is 15.9. The fraction of sp³-hybridized carbons (Fsp3) is 0.417. The molecule has 94 valence electrons. The van der Waals surface area contributed by atoms with Crippen molar-refractivity contribution in [3.05, 3.63) is 24.7 Å². The minimum Gasteiger partial charge on any atom is -0.378 e. The molecule has 6 nitrogen and oxygen atoms in total. The van der Waals surface area contributed by atoms with Crippen LogP contribution in [0.4, 0.5) is 5.82 Å². The van der Waals surface area contributed by atoms with E-state index < -0.39 is 0 Å². The smallest absolute Gasteiger partial charge is 0.164 e. The number of nitrogens with zero attached hydrogens (tertiary/aromatic N) is 5. The average molecular weight is 245 g/mol. The molecule has 6 heteroatoms. The van der Waals surface area contributed by atoms with E-state index in [1.54, 1.807) is 17.1 Å². The molecule has 1 saturated heterocycles. The van der Waals surface area contributed by atoms with E-state index in [1.807, 2.05) is 19.3 Å². The summed E-state index contributed by atoms with van der Waals surface area (Å²) in [7, 11) is 1.88. The van der Waals surface area contributed by atoms with Crippen LogP contribution in [-0.2, 0) is 11.8 Å². The molecule has 0 amide bonds. The highest BCUT2D eigenvalue weighted by molar-refractivity contribution is 5.55. The number of hydrogen-bond acceptors (Lipinski definition) is 5. The summed E-state index contributed by atoms with van der Waals surface area (Å²) in [5.41, 5.74) is 0.938. The van der Waals surface area contributed by atoms with Crippen LogP contribution in [0.5, 0.6) is 0 Å². The first kappa shape index (κ1) is 11.2. The summed E-state index contributed by atoms with van der Waals surface area (Å²) in [6, 6.07) is 1.94. The van der Waals surface area contributed by atoms with Crippen LogP contribution in [0, 0.1) is 0 Å². The van der Waals surface area contributed by atoms with Crippen molar-refractivity contribution in [3.63, 3.8) is 0 Å². The lowest BCUT2D eigenvalue weighted by Crippen LogP contribution is -2.36. The largest absolute Gasteiger partial charge is 0.378 e. The second-order valence-corrected chi connectivity index (χ2v) is 4.24. The van der Waals surface area contributed by atoms with Crippen LogP contribution < -0.4 is 4.90 Å². The van der Waals surface area contributed by atoms with Crippen LogP contribution in [-0.4, -0.2) is 46.1 Å². The Balaban J connectivity index is 1.88. The lowest BCUT2D eigenvalue weighted by molar-refractivity contribution is 0.122. The van der Waals surface area contributed by atoms with E-state index in [0.717, 1.165) is 37.7 Å². The van der Waals surface area contributed by atoms with Crippen LogP contribution in [0.1, 0.15) is 0 Å². The average Bonchev–Trinajstić information content (AvgIpc) is 2.87. The highest BCUT2D eigenvalue weighted by atomic mass is 16.5. The van der Waals surface area contributed by atoms with Crippen molar-refractivity contribution in [2.75, 3.05) is 31.2 Å². The second kappa shape index (κ2) is 4.73. The molecule has 0 unspecified atom stereocenters. The molecule has 18 heavy (non-hydrogen) atoms. The Labute approximate surface area is 105 Å². The molecule has 1 aliphatic heterocycles. The van der Waals surface area contributed by atoms with Gasteiger partial charge in [-0.3, -0.25) is 4.68 Å². The molecule has 3 rings (SSSR count). The predicted molar refractivity (Wildman–Crippen MR) is 67.3 cm³/mol. The number of aryl methyl sites for hydroxylation is 1. The van der Waals surface area contributed by atoms with Crippen LogP contribution in [0.25, 0.3) is 11.4 Å². The van der Waals surface area contributed by atoms with Gasteiger partial charge < -0.3 is 9.64 Å². The Morgan fingerprint density at radius 1 is 1.28 bits per heavy atom. The van der Waals surface area contributed by atoms with Gasteiger partial charge in [0.2, 0.25) is 0 Å². The lowest BCUT2D eigenvalue weighted by atomic mass is 10.3. The third kappa shape index (κ3) is 2.19. The highest BCUT2D eigenvalue weighted by Crippen LogP contribution is 2.18. The standard InChI is InChI=1S/C12H15N5O/c1-16-9-10(8-14-16)12-13-3-2-11(15-12)17-4-6-18-7-5-17/h2-3,8-9H,4-7H2,1H3. The summed E-state index contributed by atoms with van der Waals surface area (Å²) in [4.78, 5) is 11.1. The molecule has 0 spiro atoms. The van der Waals surface area contributed by atoms with Gasteiger partial charge in [0.15, 0.2) is 5.82 Å². The Hall–Kier alpha value is -1.95. The number of rotatable bonds is 2. The Bertz CT molecular complexity index is 533. The molecule has 2 aromatic heterocycles. The van der Waals surface area contributed by atoms with Crippen LogP contribution in [0.15, 0.2) is 24.7 Å². The van der Waals surface area contributed by atoms with Crippen molar-refractivity contribution in [3.8, 4) is 11.4 Å². The Morgan fingerprint density at radius 3 is 2.83 bits per heavy atom. The van der Waals surface area contributed by atoms with Crippen molar-refractivity contribution in [1.82, 2.24) is 19.7 Å². The van der Waals surface area contributed by atoms with Gasteiger partial charge in [0, 0.05) is 32.5 Å². The number of hydrogen-bond donors (Lipinski definition) is 0. The molecule has 0 aromatic carbocycles. The first-order chi connectivity index (χ1) is 8.83. The van der Waals surface area contributed by atoms with Gasteiger partial charge in [-0.2, -0.15) is 5.10 Å². The molecule has 0 radical (unpaired) electrons. The number of aromatic nitrogens is 4. The van der Waals surface area contributed by atoms with Crippen molar-refractivity contribution in [2.24, 2.45) is 7.05 Å². The molecule has 0 N–H and O–H groups in total. The Morgan fingerprint density at radius 2 is 2.11 bits per heavy atom. The minimum absolute atomic E-state index is 0.715. The topological polar surface area (TPSA) is 56.1 Å².